The summed E-state index contributed by atoms with van der Waals surface area (Å²) in [6.45, 7) is 7.10. The van der Waals surface area contributed by atoms with Gasteiger partial charge in [-0.1, -0.05) is 26.7 Å². The van der Waals surface area contributed by atoms with Gasteiger partial charge in [-0.15, -0.1) is 0 Å². The van der Waals surface area contributed by atoms with Crippen molar-refractivity contribution in [3.8, 4) is 0 Å². The van der Waals surface area contributed by atoms with Gasteiger partial charge in [0.25, 0.3) is 10.2 Å². The van der Waals surface area contributed by atoms with Crippen LogP contribution in [0.2, 0.25) is 0 Å². The molecule has 0 aromatic heterocycles. The largest absolute Gasteiger partial charge is 0.315 e. The molecule has 1 fully saturated rings. The average molecular weight is 291 g/mol. The SMILES string of the molecule is CCCCNS(=O)(=O)N1CCCCC1CNCCC. The van der Waals surface area contributed by atoms with Crippen LogP contribution in [0, 0.1) is 0 Å². The van der Waals surface area contributed by atoms with Gasteiger partial charge in [0.05, 0.1) is 0 Å². The molecule has 0 spiro atoms. The van der Waals surface area contributed by atoms with E-state index in [4.69, 9.17) is 0 Å². The van der Waals surface area contributed by atoms with Crippen LogP contribution in [0.1, 0.15) is 52.4 Å². The zero-order chi connectivity index (χ0) is 14.1. The first kappa shape index (κ1) is 16.9. The summed E-state index contributed by atoms with van der Waals surface area (Å²) in [5.41, 5.74) is 0. The van der Waals surface area contributed by atoms with E-state index in [2.05, 4.69) is 23.9 Å². The zero-order valence-electron chi connectivity index (χ0n) is 12.3. The highest BCUT2D eigenvalue weighted by atomic mass is 32.2. The normalized spacial score (nSPS) is 21.7. The molecule has 5 nitrogen and oxygen atoms in total. The van der Waals surface area contributed by atoms with Crippen LogP contribution in [0.15, 0.2) is 0 Å². The Kier molecular flexibility index (Phi) is 7.90. The smallest absolute Gasteiger partial charge is 0.279 e. The summed E-state index contributed by atoms with van der Waals surface area (Å²) >= 11 is 0. The Morgan fingerprint density at radius 1 is 1.16 bits per heavy atom. The van der Waals surface area contributed by atoms with E-state index < -0.39 is 10.2 Å². The lowest BCUT2D eigenvalue weighted by molar-refractivity contribution is 0.243. The number of rotatable bonds is 9. The molecule has 1 saturated heterocycles. The number of hydrogen-bond acceptors (Lipinski definition) is 3. The Labute approximate surface area is 118 Å². The van der Waals surface area contributed by atoms with E-state index in [1.54, 1.807) is 4.31 Å². The molecular weight excluding hydrogens is 262 g/mol. The Morgan fingerprint density at radius 3 is 2.63 bits per heavy atom. The highest BCUT2D eigenvalue weighted by Gasteiger charge is 2.31. The minimum Gasteiger partial charge on any atom is -0.315 e. The van der Waals surface area contributed by atoms with Gasteiger partial charge in [-0.2, -0.15) is 12.7 Å². The van der Waals surface area contributed by atoms with Crippen LogP contribution in [0.5, 0.6) is 0 Å². The molecule has 0 aromatic rings. The van der Waals surface area contributed by atoms with Gasteiger partial charge in [-0.05, 0) is 32.2 Å². The van der Waals surface area contributed by atoms with Gasteiger partial charge in [0.1, 0.15) is 0 Å². The maximum atomic E-state index is 12.3. The molecule has 0 saturated carbocycles. The standard InChI is InChI=1S/C13H29N3O2S/c1-3-5-10-15-19(17,18)16-11-7-6-8-13(16)12-14-9-4-2/h13-15H,3-12H2,1-2H3. The van der Waals surface area contributed by atoms with Crippen LogP contribution in [0.25, 0.3) is 0 Å². The Hall–Kier alpha value is -0.170. The van der Waals surface area contributed by atoms with Crippen LogP contribution < -0.4 is 10.0 Å². The Balaban J connectivity index is 2.54. The van der Waals surface area contributed by atoms with Crippen molar-refractivity contribution in [1.82, 2.24) is 14.3 Å². The Bertz CT molecular complexity index is 333. The molecule has 0 aliphatic carbocycles. The molecule has 19 heavy (non-hydrogen) atoms. The lowest BCUT2D eigenvalue weighted by Crippen LogP contribution is -2.52. The number of nitrogens with one attached hydrogen (secondary N) is 2. The molecule has 1 aliphatic heterocycles. The van der Waals surface area contributed by atoms with E-state index in [0.717, 1.165) is 51.6 Å². The van der Waals surface area contributed by atoms with Gasteiger partial charge in [0.15, 0.2) is 0 Å². The van der Waals surface area contributed by atoms with Gasteiger partial charge in [-0.3, -0.25) is 0 Å². The van der Waals surface area contributed by atoms with Crippen LogP contribution in [0.4, 0.5) is 0 Å². The summed E-state index contributed by atoms with van der Waals surface area (Å²) in [5.74, 6) is 0. The number of hydrogen-bond donors (Lipinski definition) is 2. The molecule has 1 aliphatic rings. The molecule has 1 atom stereocenters. The third-order valence-corrected chi connectivity index (χ3v) is 5.17. The maximum Gasteiger partial charge on any atom is 0.279 e. The number of nitrogens with zero attached hydrogens (tertiary/aromatic N) is 1. The summed E-state index contributed by atoms with van der Waals surface area (Å²) < 4.78 is 29.0. The average Bonchev–Trinajstić information content (AvgIpc) is 2.40. The molecule has 1 heterocycles. The summed E-state index contributed by atoms with van der Waals surface area (Å²) in [6.07, 6.45) is 6.04. The van der Waals surface area contributed by atoms with E-state index in [1.165, 1.54) is 0 Å². The van der Waals surface area contributed by atoms with Crippen molar-refractivity contribution < 1.29 is 8.42 Å². The minimum atomic E-state index is -3.30. The van der Waals surface area contributed by atoms with Crippen LogP contribution >= 0.6 is 0 Å². The zero-order valence-corrected chi connectivity index (χ0v) is 13.1. The fourth-order valence-electron chi connectivity index (χ4n) is 2.40. The predicted octanol–water partition coefficient (Wildman–Crippen LogP) is 1.48. The van der Waals surface area contributed by atoms with Crippen molar-refractivity contribution in [2.45, 2.75) is 58.4 Å². The van der Waals surface area contributed by atoms with E-state index in [0.29, 0.717) is 13.1 Å². The molecule has 1 unspecified atom stereocenters. The molecule has 2 N–H and O–H groups in total. The highest BCUT2D eigenvalue weighted by molar-refractivity contribution is 7.87. The first-order valence-corrected chi connectivity index (χ1v) is 9.03. The molecule has 0 amide bonds. The maximum absolute atomic E-state index is 12.3. The lowest BCUT2D eigenvalue weighted by atomic mass is 10.1. The second-order valence-electron chi connectivity index (χ2n) is 5.22. The van der Waals surface area contributed by atoms with Gasteiger partial charge in [-0.25, -0.2) is 4.72 Å². The Morgan fingerprint density at radius 2 is 1.95 bits per heavy atom. The van der Waals surface area contributed by atoms with Crippen molar-refractivity contribution >= 4 is 10.2 Å². The fourth-order valence-corrected chi connectivity index (χ4v) is 3.91. The molecule has 114 valence electrons. The third kappa shape index (κ3) is 5.77. The van der Waals surface area contributed by atoms with Gasteiger partial charge < -0.3 is 5.32 Å². The van der Waals surface area contributed by atoms with Crippen LogP contribution in [-0.4, -0.2) is 44.9 Å². The predicted molar refractivity (Wildman–Crippen MR) is 79.3 cm³/mol. The van der Waals surface area contributed by atoms with Crippen LogP contribution in [-0.2, 0) is 10.2 Å². The van der Waals surface area contributed by atoms with Crippen molar-refractivity contribution in [2.24, 2.45) is 0 Å². The molecule has 0 radical (unpaired) electrons. The molecule has 6 heteroatoms. The first-order valence-electron chi connectivity index (χ1n) is 7.59. The fraction of sp³-hybridized carbons (Fsp3) is 1.00. The van der Waals surface area contributed by atoms with E-state index in [-0.39, 0.29) is 6.04 Å². The highest BCUT2D eigenvalue weighted by Crippen LogP contribution is 2.19. The summed E-state index contributed by atoms with van der Waals surface area (Å²) in [7, 11) is -3.30. The summed E-state index contributed by atoms with van der Waals surface area (Å²) in [4.78, 5) is 0. The van der Waals surface area contributed by atoms with Gasteiger partial charge in [0.2, 0.25) is 0 Å². The van der Waals surface area contributed by atoms with Crippen LogP contribution in [0.3, 0.4) is 0 Å². The molecule has 0 bridgehead atoms. The second-order valence-corrected chi connectivity index (χ2v) is 6.93. The summed E-state index contributed by atoms with van der Waals surface area (Å²) in [6, 6.07) is 0.111. The van der Waals surface area contributed by atoms with E-state index in [1.807, 2.05) is 0 Å². The first-order chi connectivity index (χ1) is 9.11. The molecule has 1 rings (SSSR count). The van der Waals surface area contributed by atoms with Crippen molar-refractivity contribution in [3.63, 3.8) is 0 Å². The molecular formula is C13H29N3O2S. The van der Waals surface area contributed by atoms with E-state index >= 15 is 0 Å². The second kappa shape index (κ2) is 8.89. The number of piperidine rings is 1. The topological polar surface area (TPSA) is 61.4 Å². The van der Waals surface area contributed by atoms with Gasteiger partial charge >= 0.3 is 0 Å². The van der Waals surface area contributed by atoms with Crippen molar-refractivity contribution in [1.29, 1.82) is 0 Å². The van der Waals surface area contributed by atoms with Crippen molar-refractivity contribution in [2.75, 3.05) is 26.2 Å². The monoisotopic (exact) mass is 291 g/mol. The molecule has 0 aromatic carbocycles. The summed E-state index contributed by atoms with van der Waals surface area (Å²) in [5, 5.41) is 3.34. The lowest BCUT2D eigenvalue weighted by Gasteiger charge is -2.34. The number of unbranched alkanes of at least 4 members (excludes halogenated alkanes) is 1. The third-order valence-electron chi connectivity index (χ3n) is 3.50. The van der Waals surface area contributed by atoms with Crippen molar-refractivity contribution in [3.05, 3.63) is 0 Å². The van der Waals surface area contributed by atoms with E-state index in [9.17, 15) is 8.42 Å². The quantitative estimate of drug-likeness (QED) is 0.633. The minimum absolute atomic E-state index is 0.111. The van der Waals surface area contributed by atoms with Gasteiger partial charge in [0, 0.05) is 25.7 Å².